The summed E-state index contributed by atoms with van der Waals surface area (Å²) in [6, 6.07) is 12.3. The van der Waals surface area contributed by atoms with Crippen molar-refractivity contribution in [2.75, 3.05) is 0 Å². The lowest BCUT2D eigenvalue weighted by atomic mass is 9.99. The average molecular weight is 281 g/mol. The fourth-order valence-electron chi connectivity index (χ4n) is 2.64. The van der Waals surface area contributed by atoms with Gasteiger partial charge in [-0.2, -0.15) is 0 Å². The molecule has 2 aromatic carbocycles. The molecule has 0 aromatic heterocycles. The summed E-state index contributed by atoms with van der Waals surface area (Å²) in [5.74, 6) is -0.0105. The Morgan fingerprint density at radius 2 is 1.52 bits per heavy atom. The minimum absolute atomic E-state index is 0.00184. The zero-order valence-corrected chi connectivity index (χ0v) is 13.4. The highest BCUT2D eigenvalue weighted by Crippen LogP contribution is 2.20. The molecule has 0 aliphatic carbocycles. The van der Waals surface area contributed by atoms with E-state index in [1.807, 2.05) is 39.0 Å². The highest BCUT2D eigenvalue weighted by molar-refractivity contribution is 5.96. The topological polar surface area (TPSA) is 29.1 Å². The maximum Gasteiger partial charge on any atom is 0.252 e. The van der Waals surface area contributed by atoms with E-state index in [0.29, 0.717) is 0 Å². The molecule has 0 fully saturated rings. The van der Waals surface area contributed by atoms with Gasteiger partial charge in [-0.05, 0) is 57.4 Å². The molecule has 2 nitrogen and oxygen atoms in total. The second-order valence-corrected chi connectivity index (χ2v) is 5.87. The van der Waals surface area contributed by atoms with Crippen molar-refractivity contribution < 1.29 is 4.79 Å². The minimum atomic E-state index is -0.0105. The van der Waals surface area contributed by atoms with Gasteiger partial charge < -0.3 is 5.32 Å². The highest BCUT2D eigenvalue weighted by Gasteiger charge is 2.14. The lowest BCUT2D eigenvalue weighted by Crippen LogP contribution is -2.27. The van der Waals surface area contributed by atoms with Gasteiger partial charge in [0.15, 0.2) is 0 Å². The number of aryl methyl sites for hydroxylation is 4. The normalized spacial score (nSPS) is 12.0. The molecular formula is C19H23NO. The van der Waals surface area contributed by atoms with Crippen LogP contribution in [0.3, 0.4) is 0 Å². The number of rotatable bonds is 3. The van der Waals surface area contributed by atoms with Gasteiger partial charge in [0, 0.05) is 5.56 Å². The van der Waals surface area contributed by atoms with E-state index in [-0.39, 0.29) is 11.9 Å². The summed E-state index contributed by atoms with van der Waals surface area (Å²) >= 11 is 0. The summed E-state index contributed by atoms with van der Waals surface area (Å²) in [5, 5.41) is 3.10. The Morgan fingerprint density at radius 1 is 0.905 bits per heavy atom. The average Bonchev–Trinajstić information content (AvgIpc) is 2.41. The van der Waals surface area contributed by atoms with E-state index >= 15 is 0 Å². The molecule has 0 heterocycles. The first-order valence-corrected chi connectivity index (χ1v) is 7.33. The molecule has 2 heteroatoms. The maximum absolute atomic E-state index is 12.5. The minimum Gasteiger partial charge on any atom is -0.345 e. The number of amides is 1. The van der Waals surface area contributed by atoms with Gasteiger partial charge in [-0.3, -0.25) is 4.79 Å². The molecule has 0 bridgehead atoms. The van der Waals surface area contributed by atoms with E-state index in [2.05, 4.69) is 37.4 Å². The van der Waals surface area contributed by atoms with E-state index in [0.717, 1.165) is 16.7 Å². The van der Waals surface area contributed by atoms with Gasteiger partial charge in [0.25, 0.3) is 5.91 Å². The molecule has 0 radical (unpaired) electrons. The highest BCUT2D eigenvalue weighted by atomic mass is 16.1. The fraction of sp³-hybridized carbons (Fsp3) is 0.316. The number of hydrogen-bond donors (Lipinski definition) is 1. The third kappa shape index (κ3) is 3.52. The van der Waals surface area contributed by atoms with Crippen LogP contribution in [0.25, 0.3) is 0 Å². The quantitative estimate of drug-likeness (QED) is 0.887. The molecule has 1 N–H and O–H groups in total. The monoisotopic (exact) mass is 281 g/mol. The zero-order valence-electron chi connectivity index (χ0n) is 13.4. The van der Waals surface area contributed by atoms with Crippen LogP contribution < -0.4 is 5.32 Å². The van der Waals surface area contributed by atoms with Crippen molar-refractivity contribution in [3.63, 3.8) is 0 Å². The number of carbonyl (C=O) groups is 1. The predicted octanol–water partition coefficient (Wildman–Crippen LogP) is 4.41. The van der Waals surface area contributed by atoms with Crippen molar-refractivity contribution in [1.82, 2.24) is 5.32 Å². The summed E-state index contributed by atoms with van der Waals surface area (Å²) in [6.45, 7) is 10.2. The smallest absolute Gasteiger partial charge is 0.252 e. The van der Waals surface area contributed by atoms with Gasteiger partial charge in [0.2, 0.25) is 0 Å². The molecule has 0 aliphatic heterocycles. The lowest BCUT2D eigenvalue weighted by molar-refractivity contribution is 0.0939. The van der Waals surface area contributed by atoms with E-state index in [4.69, 9.17) is 0 Å². The second-order valence-electron chi connectivity index (χ2n) is 5.87. The van der Waals surface area contributed by atoms with Gasteiger partial charge in [0.1, 0.15) is 0 Å². The Labute approximate surface area is 127 Å². The van der Waals surface area contributed by atoms with Crippen molar-refractivity contribution in [1.29, 1.82) is 0 Å². The van der Waals surface area contributed by atoms with Gasteiger partial charge >= 0.3 is 0 Å². The molecule has 1 amide bonds. The van der Waals surface area contributed by atoms with Crippen LogP contribution in [0.15, 0.2) is 36.4 Å². The van der Waals surface area contributed by atoms with Crippen LogP contribution in [-0.4, -0.2) is 5.91 Å². The first-order chi connectivity index (χ1) is 9.88. The molecule has 0 saturated carbocycles. The van der Waals surface area contributed by atoms with Crippen molar-refractivity contribution >= 4 is 5.91 Å². The van der Waals surface area contributed by atoms with Crippen LogP contribution in [0.2, 0.25) is 0 Å². The van der Waals surface area contributed by atoms with E-state index in [9.17, 15) is 4.79 Å². The first-order valence-electron chi connectivity index (χ1n) is 7.33. The predicted molar refractivity (Wildman–Crippen MR) is 87.7 cm³/mol. The fourth-order valence-corrected chi connectivity index (χ4v) is 2.64. The molecule has 1 atom stereocenters. The van der Waals surface area contributed by atoms with Crippen LogP contribution >= 0.6 is 0 Å². The Morgan fingerprint density at radius 3 is 2.19 bits per heavy atom. The van der Waals surface area contributed by atoms with Crippen LogP contribution in [0.5, 0.6) is 0 Å². The summed E-state index contributed by atoms with van der Waals surface area (Å²) in [7, 11) is 0. The second kappa shape index (κ2) is 6.13. The van der Waals surface area contributed by atoms with E-state index in [1.165, 1.54) is 16.7 Å². The number of nitrogens with one attached hydrogen (secondary N) is 1. The largest absolute Gasteiger partial charge is 0.345 e. The molecule has 110 valence electrons. The molecule has 0 unspecified atom stereocenters. The van der Waals surface area contributed by atoms with Crippen molar-refractivity contribution in [3.8, 4) is 0 Å². The Bertz CT molecular complexity index is 673. The summed E-state index contributed by atoms with van der Waals surface area (Å²) in [6.07, 6.45) is 0. The molecule has 2 aromatic rings. The van der Waals surface area contributed by atoms with Crippen LogP contribution in [0.4, 0.5) is 0 Å². The molecule has 0 spiro atoms. The third-order valence-electron chi connectivity index (χ3n) is 3.88. The van der Waals surface area contributed by atoms with Crippen molar-refractivity contribution in [3.05, 3.63) is 69.8 Å². The van der Waals surface area contributed by atoms with E-state index < -0.39 is 0 Å². The maximum atomic E-state index is 12.5. The molecule has 2 rings (SSSR count). The standard InChI is InChI=1S/C19H23NO/c1-12-7-9-17(15(4)10-12)16(5)20-19(21)18-11-13(2)6-8-14(18)3/h6-11,16H,1-5H3,(H,20,21)/t16-/m1/s1. The van der Waals surface area contributed by atoms with Gasteiger partial charge in [-0.15, -0.1) is 0 Å². The van der Waals surface area contributed by atoms with Crippen LogP contribution in [0.1, 0.15) is 51.1 Å². The summed E-state index contributed by atoms with van der Waals surface area (Å²) in [5.41, 5.74) is 6.48. The van der Waals surface area contributed by atoms with Crippen molar-refractivity contribution in [2.24, 2.45) is 0 Å². The van der Waals surface area contributed by atoms with Gasteiger partial charge in [-0.1, -0.05) is 41.5 Å². The molecule has 0 aliphatic rings. The Kier molecular flexibility index (Phi) is 4.46. The lowest BCUT2D eigenvalue weighted by Gasteiger charge is -2.18. The first kappa shape index (κ1) is 15.3. The molecular weight excluding hydrogens is 258 g/mol. The Hall–Kier alpha value is -2.09. The zero-order chi connectivity index (χ0) is 15.6. The molecule has 0 saturated heterocycles. The van der Waals surface area contributed by atoms with Crippen LogP contribution in [0, 0.1) is 27.7 Å². The Balaban J connectivity index is 2.20. The molecule has 21 heavy (non-hydrogen) atoms. The number of hydrogen-bond acceptors (Lipinski definition) is 1. The third-order valence-corrected chi connectivity index (χ3v) is 3.88. The van der Waals surface area contributed by atoms with Gasteiger partial charge in [-0.25, -0.2) is 0 Å². The number of benzene rings is 2. The SMILES string of the molecule is Cc1ccc([C@@H](C)NC(=O)c2cc(C)ccc2C)c(C)c1. The van der Waals surface area contributed by atoms with E-state index in [1.54, 1.807) is 0 Å². The summed E-state index contributed by atoms with van der Waals surface area (Å²) in [4.78, 5) is 12.5. The summed E-state index contributed by atoms with van der Waals surface area (Å²) < 4.78 is 0. The van der Waals surface area contributed by atoms with Gasteiger partial charge in [0.05, 0.1) is 6.04 Å². The van der Waals surface area contributed by atoms with Crippen LogP contribution in [-0.2, 0) is 0 Å². The number of carbonyl (C=O) groups excluding carboxylic acids is 1. The van der Waals surface area contributed by atoms with Crippen molar-refractivity contribution in [2.45, 2.75) is 40.7 Å².